The molecule has 1 aliphatic rings. The van der Waals surface area contributed by atoms with Gasteiger partial charge in [0.15, 0.2) is 16.3 Å². The van der Waals surface area contributed by atoms with Crippen molar-refractivity contribution in [2.75, 3.05) is 13.2 Å². The number of rotatable bonds is 4. The van der Waals surface area contributed by atoms with Gasteiger partial charge in [0.2, 0.25) is 0 Å². The fourth-order valence-electron chi connectivity index (χ4n) is 3.10. The molecule has 0 radical (unpaired) electrons. The first-order chi connectivity index (χ1) is 13.0. The van der Waals surface area contributed by atoms with Crippen LogP contribution in [0.3, 0.4) is 0 Å². The van der Waals surface area contributed by atoms with Crippen LogP contribution >= 0.6 is 11.3 Å². The molecule has 1 aromatic carbocycles. The van der Waals surface area contributed by atoms with Crippen LogP contribution in [0.5, 0.6) is 11.5 Å². The molecule has 0 bridgehead atoms. The summed E-state index contributed by atoms with van der Waals surface area (Å²) in [6.45, 7) is 9.38. The monoisotopic (exact) mass is 384 g/mol. The van der Waals surface area contributed by atoms with Gasteiger partial charge in [-0.25, -0.2) is 0 Å². The molecule has 4 rings (SSSR count). The number of ether oxygens (including phenoxy) is 2. The van der Waals surface area contributed by atoms with Gasteiger partial charge in [0.05, 0.1) is 15.9 Å². The topological polar surface area (TPSA) is 70.6 Å². The number of amides is 1. The highest BCUT2D eigenvalue weighted by molar-refractivity contribution is 7.16. The Labute approximate surface area is 160 Å². The normalized spacial score (nSPS) is 13.9. The lowest BCUT2D eigenvalue weighted by atomic mass is 10.2. The SMILES string of the molecule is C=CCn1c(=NC(=O)Cn2nc(C)cc2C)sc2cc3c(cc21)OCCO3. The molecular weight excluding hydrogens is 364 g/mol. The van der Waals surface area contributed by atoms with Crippen LogP contribution in [0.2, 0.25) is 0 Å². The molecular formula is C19H20N4O3S. The number of benzene rings is 1. The minimum absolute atomic E-state index is 0.116. The van der Waals surface area contributed by atoms with Gasteiger partial charge in [-0.05, 0) is 19.9 Å². The molecule has 1 amide bonds. The van der Waals surface area contributed by atoms with Crippen molar-refractivity contribution in [1.29, 1.82) is 0 Å². The van der Waals surface area contributed by atoms with Crippen LogP contribution in [0, 0.1) is 13.8 Å². The summed E-state index contributed by atoms with van der Waals surface area (Å²) in [4.78, 5) is 17.5. The average molecular weight is 384 g/mol. The lowest BCUT2D eigenvalue weighted by molar-refractivity contribution is -0.118. The van der Waals surface area contributed by atoms with E-state index < -0.39 is 0 Å². The number of aromatic nitrogens is 3. The predicted octanol–water partition coefficient (Wildman–Crippen LogP) is 2.60. The van der Waals surface area contributed by atoms with Gasteiger partial charge in [0.1, 0.15) is 19.8 Å². The van der Waals surface area contributed by atoms with E-state index in [0.29, 0.717) is 30.3 Å². The van der Waals surface area contributed by atoms with Crippen LogP contribution < -0.4 is 14.3 Å². The van der Waals surface area contributed by atoms with Crippen LogP contribution in [0.15, 0.2) is 35.8 Å². The number of carbonyl (C=O) groups excluding carboxylic acids is 1. The van der Waals surface area contributed by atoms with E-state index >= 15 is 0 Å². The number of allylic oxidation sites excluding steroid dienone is 1. The molecule has 140 valence electrons. The zero-order chi connectivity index (χ0) is 19.0. The van der Waals surface area contributed by atoms with Crippen LogP contribution in [0.25, 0.3) is 10.2 Å². The third-order valence-electron chi connectivity index (χ3n) is 4.27. The van der Waals surface area contributed by atoms with Crippen molar-refractivity contribution < 1.29 is 14.3 Å². The number of thiazole rings is 1. The molecule has 1 aliphatic heterocycles. The lowest BCUT2D eigenvalue weighted by Gasteiger charge is -2.18. The minimum atomic E-state index is -0.247. The minimum Gasteiger partial charge on any atom is -0.486 e. The molecule has 0 atom stereocenters. The quantitative estimate of drug-likeness (QED) is 0.649. The van der Waals surface area contributed by atoms with Gasteiger partial charge in [-0.3, -0.25) is 9.48 Å². The highest BCUT2D eigenvalue weighted by atomic mass is 32.1. The number of nitrogens with zero attached hydrogens (tertiary/aromatic N) is 4. The molecule has 0 unspecified atom stereocenters. The Balaban J connectivity index is 1.76. The smallest absolute Gasteiger partial charge is 0.270 e. The number of hydrogen-bond donors (Lipinski definition) is 0. The Morgan fingerprint density at radius 3 is 2.70 bits per heavy atom. The van der Waals surface area contributed by atoms with E-state index in [1.54, 1.807) is 10.8 Å². The molecule has 0 fully saturated rings. The summed E-state index contributed by atoms with van der Waals surface area (Å²) < 4.78 is 16.0. The fraction of sp³-hybridized carbons (Fsp3) is 0.316. The zero-order valence-corrected chi connectivity index (χ0v) is 16.1. The van der Waals surface area contributed by atoms with Crippen molar-refractivity contribution in [3.63, 3.8) is 0 Å². The summed E-state index contributed by atoms with van der Waals surface area (Å²) in [5.74, 6) is 1.19. The molecule has 0 saturated heterocycles. The standard InChI is InChI=1S/C19H20N4O3S/c1-4-5-22-14-9-15-16(26-7-6-25-15)10-17(14)27-19(22)20-18(24)11-23-13(3)8-12(2)21-23/h4,8-10H,1,5-7,11H2,2-3H3. The van der Waals surface area contributed by atoms with Gasteiger partial charge in [-0.15, -0.1) is 6.58 Å². The highest BCUT2D eigenvalue weighted by Gasteiger charge is 2.16. The van der Waals surface area contributed by atoms with Crippen molar-refractivity contribution in [2.24, 2.45) is 4.99 Å². The maximum Gasteiger partial charge on any atom is 0.270 e. The Hall–Kier alpha value is -2.87. The second-order valence-electron chi connectivity index (χ2n) is 6.34. The third-order valence-corrected chi connectivity index (χ3v) is 5.31. The van der Waals surface area contributed by atoms with Crippen molar-refractivity contribution >= 4 is 27.5 Å². The number of fused-ring (bicyclic) bond motifs is 2. The Morgan fingerprint density at radius 2 is 2.04 bits per heavy atom. The molecule has 8 heteroatoms. The number of carbonyl (C=O) groups is 1. The molecule has 27 heavy (non-hydrogen) atoms. The van der Waals surface area contributed by atoms with E-state index in [1.165, 1.54) is 11.3 Å². The van der Waals surface area contributed by atoms with Gasteiger partial charge in [0, 0.05) is 24.4 Å². The van der Waals surface area contributed by atoms with Crippen molar-refractivity contribution in [2.45, 2.75) is 26.9 Å². The molecule has 0 aliphatic carbocycles. The predicted molar refractivity (Wildman–Crippen MR) is 103 cm³/mol. The second-order valence-corrected chi connectivity index (χ2v) is 7.35. The third kappa shape index (κ3) is 3.40. The zero-order valence-electron chi connectivity index (χ0n) is 15.3. The molecule has 0 spiro atoms. The maximum absolute atomic E-state index is 12.5. The summed E-state index contributed by atoms with van der Waals surface area (Å²) in [5, 5.41) is 4.33. The van der Waals surface area contributed by atoms with E-state index in [1.807, 2.05) is 36.6 Å². The molecule has 2 aromatic heterocycles. The van der Waals surface area contributed by atoms with Crippen molar-refractivity contribution in [3.05, 3.63) is 47.0 Å². The van der Waals surface area contributed by atoms with Gasteiger partial charge in [0.25, 0.3) is 5.91 Å². The summed E-state index contributed by atoms with van der Waals surface area (Å²) >= 11 is 1.45. The first-order valence-electron chi connectivity index (χ1n) is 8.67. The Morgan fingerprint density at radius 1 is 1.30 bits per heavy atom. The van der Waals surface area contributed by atoms with Crippen molar-refractivity contribution in [1.82, 2.24) is 14.3 Å². The summed E-state index contributed by atoms with van der Waals surface area (Å²) in [6, 6.07) is 5.82. The average Bonchev–Trinajstić information content (AvgIpc) is 3.12. The first-order valence-corrected chi connectivity index (χ1v) is 9.49. The summed E-state index contributed by atoms with van der Waals surface area (Å²) in [5.41, 5.74) is 2.77. The van der Waals surface area contributed by atoms with Gasteiger partial charge in [-0.2, -0.15) is 10.1 Å². The van der Waals surface area contributed by atoms with Crippen LogP contribution in [0.1, 0.15) is 11.4 Å². The van der Waals surface area contributed by atoms with E-state index in [9.17, 15) is 4.79 Å². The lowest BCUT2D eigenvalue weighted by Crippen LogP contribution is -2.19. The van der Waals surface area contributed by atoms with Gasteiger partial charge < -0.3 is 14.0 Å². The Bertz CT molecular complexity index is 1110. The number of hydrogen-bond acceptors (Lipinski definition) is 5. The fourth-order valence-corrected chi connectivity index (χ4v) is 4.17. The van der Waals surface area contributed by atoms with E-state index in [0.717, 1.165) is 27.4 Å². The molecule has 7 nitrogen and oxygen atoms in total. The van der Waals surface area contributed by atoms with Crippen molar-refractivity contribution in [3.8, 4) is 11.5 Å². The van der Waals surface area contributed by atoms with E-state index in [4.69, 9.17) is 9.47 Å². The largest absolute Gasteiger partial charge is 0.486 e. The molecule has 3 aromatic rings. The molecule has 0 saturated carbocycles. The maximum atomic E-state index is 12.5. The number of aryl methyl sites for hydroxylation is 2. The highest BCUT2D eigenvalue weighted by Crippen LogP contribution is 2.35. The van der Waals surface area contributed by atoms with Gasteiger partial charge in [-0.1, -0.05) is 17.4 Å². The summed E-state index contributed by atoms with van der Waals surface area (Å²) in [7, 11) is 0. The van der Waals surface area contributed by atoms with Crippen LogP contribution in [0.4, 0.5) is 0 Å². The van der Waals surface area contributed by atoms with Gasteiger partial charge >= 0.3 is 0 Å². The van der Waals surface area contributed by atoms with E-state index in [-0.39, 0.29) is 12.5 Å². The molecule has 3 heterocycles. The summed E-state index contributed by atoms with van der Waals surface area (Å²) in [6.07, 6.45) is 1.79. The Kier molecular flexibility index (Phi) is 4.57. The molecule has 0 N–H and O–H groups in total. The second kappa shape index (κ2) is 7.03. The van der Waals surface area contributed by atoms with Crippen LogP contribution in [-0.2, 0) is 17.9 Å². The van der Waals surface area contributed by atoms with Crippen LogP contribution in [-0.4, -0.2) is 33.5 Å². The van der Waals surface area contributed by atoms with E-state index in [2.05, 4.69) is 16.7 Å². The first kappa shape index (κ1) is 17.5.